The van der Waals surface area contributed by atoms with E-state index in [1.165, 1.54) is 0 Å². The Hall–Kier alpha value is -1.85. The van der Waals surface area contributed by atoms with Gasteiger partial charge in [0.1, 0.15) is 6.10 Å². The number of likely N-dealkylation sites (tertiary alicyclic amines) is 1. The van der Waals surface area contributed by atoms with Gasteiger partial charge in [-0.25, -0.2) is 9.97 Å². The van der Waals surface area contributed by atoms with Crippen molar-refractivity contribution in [3.8, 4) is 5.88 Å². The Morgan fingerprint density at radius 1 is 1.45 bits per heavy atom. The number of carbonyl (C=O) groups excluding carboxylic acids is 1. The molecule has 1 fully saturated rings. The highest BCUT2D eigenvalue weighted by Gasteiger charge is 2.29. The molecular formula is C16H26N4O2. The fourth-order valence-corrected chi connectivity index (χ4v) is 2.65. The average Bonchev–Trinajstić information content (AvgIpc) is 2.95. The molecule has 6 heteroatoms. The van der Waals surface area contributed by atoms with Gasteiger partial charge in [-0.2, -0.15) is 0 Å². The lowest BCUT2D eigenvalue weighted by Gasteiger charge is -2.22. The number of ether oxygens (including phenoxy) is 1. The van der Waals surface area contributed by atoms with Crippen LogP contribution in [0.15, 0.2) is 12.4 Å². The topological polar surface area (TPSA) is 58.6 Å². The van der Waals surface area contributed by atoms with Crippen LogP contribution in [-0.4, -0.2) is 53.6 Å². The van der Waals surface area contributed by atoms with Gasteiger partial charge in [-0.05, 0) is 6.42 Å². The standard InChI is InChI=1S/C16H26N4O2/c1-5-9-19(4)14-15(18-8-7-17-14)22-13-6-10-20(11-13)16(21)12(2)3/h7-8,12-13H,5-6,9-11H2,1-4H3. The molecule has 0 aliphatic carbocycles. The Kier molecular flexibility index (Phi) is 5.57. The van der Waals surface area contributed by atoms with Crippen molar-refractivity contribution in [3.63, 3.8) is 0 Å². The molecular weight excluding hydrogens is 280 g/mol. The summed E-state index contributed by atoms with van der Waals surface area (Å²) in [7, 11) is 1.99. The van der Waals surface area contributed by atoms with Gasteiger partial charge in [0.15, 0.2) is 5.82 Å². The van der Waals surface area contributed by atoms with Crippen molar-refractivity contribution in [2.45, 2.75) is 39.7 Å². The van der Waals surface area contributed by atoms with E-state index in [0.717, 1.165) is 31.7 Å². The van der Waals surface area contributed by atoms with Crippen molar-refractivity contribution in [2.75, 3.05) is 31.6 Å². The first-order valence-electron chi connectivity index (χ1n) is 8.00. The van der Waals surface area contributed by atoms with Gasteiger partial charge in [0.05, 0.1) is 6.54 Å². The molecule has 1 unspecified atom stereocenters. The van der Waals surface area contributed by atoms with Gasteiger partial charge in [0.25, 0.3) is 5.88 Å². The lowest BCUT2D eigenvalue weighted by atomic mass is 10.2. The normalized spacial score (nSPS) is 17.9. The van der Waals surface area contributed by atoms with Crippen LogP contribution in [0.2, 0.25) is 0 Å². The maximum Gasteiger partial charge on any atom is 0.257 e. The third-order valence-electron chi connectivity index (χ3n) is 3.80. The third kappa shape index (κ3) is 3.87. The van der Waals surface area contributed by atoms with E-state index in [0.29, 0.717) is 12.4 Å². The highest BCUT2D eigenvalue weighted by Crippen LogP contribution is 2.25. The molecule has 0 saturated carbocycles. The molecule has 0 bridgehead atoms. The summed E-state index contributed by atoms with van der Waals surface area (Å²) in [6, 6.07) is 0. The first kappa shape index (κ1) is 16.5. The second kappa shape index (κ2) is 7.42. The molecule has 1 saturated heterocycles. The summed E-state index contributed by atoms with van der Waals surface area (Å²) in [4.78, 5) is 24.7. The highest BCUT2D eigenvalue weighted by molar-refractivity contribution is 5.78. The molecule has 2 heterocycles. The van der Waals surface area contributed by atoms with Crippen LogP contribution in [0.1, 0.15) is 33.6 Å². The Morgan fingerprint density at radius 3 is 2.86 bits per heavy atom. The first-order valence-corrected chi connectivity index (χ1v) is 8.00. The molecule has 0 radical (unpaired) electrons. The van der Waals surface area contributed by atoms with Gasteiger partial charge >= 0.3 is 0 Å². The van der Waals surface area contributed by atoms with Crippen LogP contribution in [0.5, 0.6) is 5.88 Å². The Labute approximate surface area is 132 Å². The van der Waals surface area contributed by atoms with E-state index < -0.39 is 0 Å². The fourth-order valence-electron chi connectivity index (χ4n) is 2.65. The minimum Gasteiger partial charge on any atom is -0.470 e. The van der Waals surface area contributed by atoms with E-state index in [2.05, 4.69) is 16.9 Å². The van der Waals surface area contributed by atoms with Crippen molar-refractivity contribution < 1.29 is 9.53 Å². The van der Waals surface area contributed by atoms with E-state index >= 15 is 0 Å². The summed E-state index contributed by atoms with van der Waals surface area (Å²) in [6.07, 6.45) is 5.19. The summed E-state index contributed by atoms with van der Waals surface area (Å²) >= 11 is 0. The quantitative estimate of drug-likeness (QED) is 0.804. The van der Waals surface area contributed by atoms with Crippen LogP contribution in [0.25, 0.3) is 0 Å². The van der Waals surface area contributed by atoms with Crippen LogP contribution in [-0.2, 0) is 4.79 Å². The largest absolute Gasteiger partial charge is 0.470 e. The Bertz CT molecular complexity index is 507. The zero-order chi connectivity index (χ0) is 16.1. The van der Waals surface area contributed by atoms with Gasteiger partial charge < -0.3 is 14.5 Å². The van der Waals surface area contributed by atoms with Crippen LogP contribution in [0, 0.1) is 5.92 Å². The van der Waals surface area contributed by atoms with Gasteiger partial charge in [0.2, 0.25) is 5.91 Å². The van der Waals surface area contributed by atoms with E-state index in [1.807, 2.05) is 30.7 Å². The molecule has 1 amide bonds. The lowest BCUT2D eigenvalue weighted by Crippen LogP contribution is -2.34. The number of anilines is 1. The van der Waals surface area contributed by atoms with E-state index in [-0.39, 0.29) is 17.9 Å². The number of carbonyl (C=O) groups is 1. The minimum absolute atomic E-state index is 0.00632. The second-order valence-corrected chi connectivity index (χ2v) is 6.07. The first-order chi connectivity index (χ1) is 10.5. The molecule has 6 nitrogen and oxygen atoms in total. The van der Waals surface area contributed by atoms with Crippen LogP contribution in [0.4, 0.5) is 5.82 Å². The second-order valence-electron chi connectivity index (χ2n) is 6.07. The fraction of sp³-hybridized carbons (Fsp3) is 0.688. The molecule has 22 heavy (non-hydrogen) atoms. The van der Waals surface area contributed by atoms with Crippen LogP contribution >= 0.6 is 0 Å². The number of aromatic nitrogens is 2. The van der Waals surface area contributed by atoms with Crippen LogP contribution in [0.3, 0.4) is 0 Å². The van der Waals surface area contributed by atoms with Crippen molar-refractivity contribution in [1.82, 2.24) is 14.9 Å². The number of nitrogens with zero attached hydrogens (tertiary/aromatic N) is 4. The molecule has 1 aliphatic heterocycles. The van der Waals surface area contributed by atoms with Gasteiger partial charge in [0, 0.05) is 44.9 Å². The van der Waals surface area contributed by atoms with Crippen molar-refractivity contribution >= 4 is 11.7 Å². The summed E-state index contributed by atoms with van der Waals surface area (Å²) in [5.74, 6) is 1.54. The third-order valence-corrected chi connectivity index (χ3v) is 3.80. The number of rotatable bonds is 6. The number of hydrogen-bond acceptors (Lipinski definition) is 5. The van der Waals surface area contributed by atoms with Crippen LogP contribution < -0.4 is 9.64 Å². The monoisotopic (exact) mass is 306 g/mol. The van der Waals surface area contributed by atoms with Crippen molar-refractivity contribution in [2.24, 2.45) is 5.92 Å². The average molecular weight is 306 g/mol. The van der Waals surface area contributed by atoms with Crippen molar-refractivity contribution in [1.29, 1.82) is 0 Å². The smallest absolute Gasteiger partial charge is 0.257 e. The molecule has 0 spiro atoms. The van der Waals surface area contributed by atoms with Crippen molar-refractivity contribution in [3.05, 3.63) is 12.4 Å². The molecule has 2 rings (SSSR count). The number of hydrogen-bond donors (Lipinski definition) is 0. The zero-order valence-corrected chi connectivity index (χ0v) is 14.0. The molecule has 122 valence electrons. The van der Waals surface area contributed by atoms with Gasteiger partial charge in [-0.3, -0.25) is 4.79 Å². The Morgan fingerprint density at radius 2 is 2.18 bits per heavy atom. The number of amides is 1. The SMILES string of the molecule is CCCN(C)c1nccnc1OC1CCN(C(=O)C(C)C)C1. The van der Waals surface area contributed by atoms with E-state index in [4.69, 9.17) is 4.74 Å². The molecule has 1 aromatic heterocycles. The maximum absolute atomic E-state index is 12.0. The van der Waals surface area contributed by atoms with E-state index in [1.54, 1.807) is 12.4 Å². The lowest BCUT2D eigenvalue weighted by molar-refractivity contribution is -0.133. The summed E-state index contributed by atoms with van der Waals surface area (Å²) in [5.41, 5.74) is 0. The molecule has 0 N–H and O–H groups in total. The summed E-state index contributed by atoms with van der Waals surface area (Å²) < 4.78 is 6.02. The summed E-state index contributed by atoms with van der Waals surface area (Å²) in [5, 5.41) is 0. The molecule has 1 atom stereocenters. The molecule has 1 aromatic rings. The minimum atomic E-state index is -0.00632. The molecule has 1 aliphatic rings. The van der Waals surface area contributed by atoms with E-state index in [9.17, 15) is 4.79 Å². The highest BCUT2D eigenvalue weighted by atomic mass is 16.5. The molecule has 0 aromatic carbocycles. The predicted octanol–water partition coefficient (Wildman–Crippen LogP) is 1.96. The van der Waals surface area contributed by atoms with Gasteiger partial charge in [-0.1, -0.05) is 20.8 Å². The summed E-state index contributed by atoms with van der Waals surface area (Å²) in [6.45, 7) is 8.26. The zero-order valence-electron chi connectivity index (χ0n) is 14.0. The predicted molar refractivity (Wildman–Crippen MR) is 86.0 cm³/mol. The van der Waals surface area contributed by atoms with Gasteiger partial charge in [-0.15, -0.1) is 0 Å². The Balaban J connectivity index is 2.02. The maximum atomic E-state index is 12.0.